The Kier molecular flexibility index (Phi) is 8.24. The lowest BCUT2D eigenvalue weighted by Gasteiger charge is -2.31. The zero-order chi connectivity index (χ0) is 22.0. The van der Waals surface area contributed by atoms with Crippen LogP contribution in [-0.2, 0) is 4.74 Å². The van der Waals surface area contributed by atoms with Crippen molar-refractivity contribution in [1.82, 2.24) is 4.90 Å². The summed E-state index contributed by atoms with van der Waals surface area (Å²) >= 11 is 0. The van der Waals surface area contributed by atoms with Crippen molar-refractivity contribution in [3.8, 4) is 0 Å². The maximum atomic E-state index is 13.0. The molecule has 0 unspecified atom stereocenters. The summed E-state index contributed by atoms with van der Waals surface area (Å²) in [5.41, 5.74) is 3.47. The van der Waals surface area contributed by atoms with Crippen LogP contribution in [0.25, 0.3) is 6.08 Å². The van der Waals surface area contributed by atoms with Crippen LogP contribution < -0.4 is 0 Å². The molecule has 2 nitrogen and oxygen atoms in total. The highest BCUT2D eigenvalue weighted by Crippen LogP contribution is 2.27. The van der Waals surface area contributed by atoms with Crippen LogP contribution in [0.3, 0.4) is 0 Å². The van der Waals surface area contributed by atoms with Crippen LogP contribution in [0.1, 0.15) is 42.1 Å². The Morgan fingerprint density at radius 3 is 2.03 bits per heavy atom. The molecule has 3 heteroatoms. The molecule has 3 aromatic carbocycles. The zero-order valence-electron chi connectivity index (χ0n) is 18.6. The summed E-state index contributed by atoms with van der Waals surface area (Å²) in [5.74, 6) is 0.534. The lowest BCUT2D eigenvalue weighted by atomic mass is 9.94. The van der Waals surface area contributed by atoms with E-state index in [1.165, 1.54) is 36.1 Å². The van der Waals surface area contributed by atoms with Crippen LogP contribution in [-0.4, -0.2) is 31.1 Å². The van der Waals surface area contributed by atoms with Crippen molar-refractivity contribution < 1.29 is 9.13 Å². The van der Waals surface area contributed by atoms with Gasteiger partial charge in [0.15, 0.2) is 0 Å². The number of benzene rings is 3. The van der Waals surface area contributed by atoms with Gasteiger partial charge in [0, 0.05) is 13.2 Å². The second kappa shape index (κ2) is 11.8. The van der Waals surface area contributed by atoms with Crippen LogP contribution in [0.5, 0.6) is 0 Å². The van der Waals surface area contributed by atoms with E-state index in [-0.39, 0.29) is 11.9 Å². The van der Waals surface area contributed by atoms with Crippen molar-refractivity contribution in [2.45, 2.75) is 25.4 Å². The lowest BCUT2D eigenvalue weighted by Crippen LogP contribution is -2.34. The van der Waals surface area contributed by atoms with Crippen molar-refractivity contribution in [3.05, 3.63) is 114 Å². The highest BCUT2D eigenvalue weighted by Gasteiger charge is 2.20. The molecule has 0 spiro atoms. The van der Waals surface area contributed by atoms with Gasteiger partial charge in [-0.05, 0) is 67.1 Å². The van der Waals surface area contributed by atoms with E-state index < -0.39 is 0 Å². The molecule has 0 amide bonds. The summed E-state index contributed by atoms with van der Waals surface area (Å²) in [7, 11) is 0. The summed E-state index contributed by atoms with van der Waals surface area (Å²) in [6.45, 7) is 3.98. The molecule has 0 aromatic heterocycles. The Labute approximate surface area is 191 Å². The first-order valence-corrected chi connectivity index (χ1v) is 11.6. The number of halogens is 1. The standard InChI is InChI=1S/C29H32FNO/c30-28-15-13-24(14-16-28)8-7-20-31-21-17-25(18-22-31)19-23-32-29(26-9-3-1-4-10-26)27-11-5-2-6-12-27/h1-16,25,29H,17-23H2/b8-7-. The van der Waals surface area contributed by atoms with Gasteiger partial charge in [0.1, 0.15) is 11.9 Å². The fraction of sp³-hybridized carbons (Fsp3) is 0.310. The van der Waals surface area contributed by atoms with Crippen molar-refractivity contribution in [3.63, 3.8) is 0 Å². The molecule has 4 rings (SSSR count). The molecule has 3 aromatic rings. The zero-order valence-corrected chi connectivity index (χ0v) is 18.6. The van der Waals surface area contributed by atoms with E-state index in [0.717, 1.165) is 44.1 Å². The number of rotatable bonds is 9. The minimum atomic E-state index is -0.188. The average molecular weight is 430 g/mol. The molecule has 0 atom stereocenters. The first kappa shape index (κ1) is 22.4. The first-order chi connectivity index (χ1) is 15.8. The third kappa shape index (κ3) is 6.62. The van der Waals surface area contributed by atoms with Gasteiger partial charge in [0.25, 0.3) is 0 Å². The molecular formula is C29H32FNO. The van der Waals surface area contributed by atoms with Crippen LogP contribution in [0.2, 0.25) is 0 Å². The van der Waals surface area contributed by atoms with E-state index in [1.54, 1.807) is 0 Å². The number of likely N-dealkylation sites (tertiary alicyclic amines) is 1. The largest absolute Gasteiger partial charge is 0.369 e. The van der Waals surface area contributed by atoms with Gasteiger partial charge in [-0.15, -0.1) is 0 Å². The molecule has 32 heavy (non-hydrogen) atoms. The van der Waals surface area contributed by atoms with Gasteiger partial charge < -0.3 is 4.74 Å². The van der Waals surface area contributed by atoms with E-state index in [1.807, 2.05) is 24.3 Å². The van der Waals surface area contributed by atoms with Crippen LogP contribution >= 0.6 is 0 Å². The number of piperidine rings is 1. The fourth-order valence-corrected chi connectivity index (χ4v) is 4.36. The molecule has 0 aliphatic carbocycles. The second-order valence-corrected chi connectivity index (χ2v) is 8.56. The maximum absolute atomic E-state index is 13.0. The molecule has 0 saturated carbocycles. The van der Waals surface area contributed by atoms with Crippen LogP contribution in [0, 0.1) is 11.7 Å². The Bertz CT molecular complexity index is 908. The molecule has 1 saturated heterocycles. The summed E-state index contributed by atoms with van der Waals surface area (Å²) < 4.78 is 19.4. The van der Waals surface area contributed by atoms with E-state index in [2.05, 4.69) is 65.6 Å². The molecular weight excluding hydrogens is 397 g/mol. The maximum Gasteiger partial charge on any atom is 0.123 e. The van der Waals surface area contributed by atoms with E-state index >= 15 is 0 Å². The normalized spacial score (nSPS) is 15.6. The lowest BCUT2D eigenvalue weighted by molar-refractivity contribution is 0.0610. The Morgan fingerprint density at radius 1 is 0.844 bits per heavy atom. The van der Waals surface area contributed by atoms with Crippen molar-refractivity contribution in [1.29, 1.82) is 0 Å². The number of hydrogen-bond acceptors (Lipinski definition) is 2. The Balaban J connectivity index is 1.21. The third-order valence-corrected chi connectivity index (χ3v) is 6.27. The monoisotopic (exact) mass is 429 g/mol. The Morgan fingerprint density at radius 2 is 1.44 bits per heavy atom. The molecule has 0 radical (unpaired) electrons. The van der Waals surface area contributed by atoms with E-state index in [4.69, 9.17) is 4.74 Å². The average Bonchev–Trinajstić information content (AvgIpc) is 2.85. The van der Waals surface area contributed by atoms with E-state index in [0.29, 0.717) is 0 Å². The summed E-state index contributed by atoms with van der Waals surface area (Å²) in [5, 5.41) is 0. The number of ether oxygens (including phenoxy) is 1. The van der Waals surface area contributed by atoms with Crippen molar-refractivity contribution in [2.24, 2.45) is 5.92 Å². The van der Waals surface area contributed by atoms with E-state index in [9.17, 15) is 4.39 Å². The van der Waals surface area contributed by atoms with Gasteiger partial charge in [-0.25, -0.2) is 4.39 Å². The van der Waals surface area contributed by atoms with Crippen molar-refractivity contribution >= 4 is 6.08 Å². The second-order valence-electron chi connectivity index (χ2n) is 8.56. The quantitative estimate of drug-likeness (QED) is 0.373. The SMILES string of the molecule is Fc1ccc(/C=C\CN2CCC(CCOC(c3ccccc3)c3ccccc3)CC2)cc1. The number of hydrogen-bond donors (Lipinski definition) is 0. The fourth-order valence-electron chi connectivity index (χ4n) is 4.36. The smallest absolute Gasteiger partial charge is 0.123 e. The van der Waals surface area contributed by atoms with Gasteiger partial charge >= 0.3 is 0 Å². The minimum absolute atomic E-state index is 0.00547. The highest BCUT2D eigenvalue weighted by molar-refractivity contribution is 5.48. The van der Waals surface area contributed by atoms with Crippen LogP contribution in [0.4, 0.5) is 4.39 Å². The summed E-state index contributed by atoms with van der Waals surface area (Å²) in [6, 6.07) is 27.7. The van der Waals surface area contributed by atoms with Gasteiger partial charge in [0.2, 0.25) is 0 Å². The molecule has 0 bridgehead atoms. The van der Waals surface area contributed by atoms with Gasteiger partial charge in [-0.3, -0.25) is 4.90 Å². The molecule has 1 fully saturated rings. The predicted molar refractivity (Wildman–Crippen MR) is 130 cm³/mol. The number of nitrogens with zero attached hydrogens (tertiary/aromatic N) is 1. The topological polar surface area (TPSA) is 12.5 Å². The summed E-state index contributed by atoms with van der Waals surface area (Å²) in [4.78, 5) is 2.49. The van der Waals surface area contributed by atoms with Crippen LogP contribution in [0.15, 0.2) is 91.0 Å². The molecule has 166 valence electrons. The van der Waals surface area contributed by atoms with Crippen molar-refractivity contribution in [2.75, 3.05) is 26.2 Å². The third-order valence-electron chi connectivity index (χ3n) is 6.27. The highest BCUT2D eigenvalue weighted by atomic mass is 19.1. The predicted octanol–water partition coefficient (Wildman–Crippen LogP) is 6.75. The minimum Gasteiger partial charge on any atom is -0.369 e. The molecule has 0 N–H and O–H groups in total. The first-order valence-electron chi connectivity index (χ1n) is 11.6. The molecule has 1 aliphatic rings. The van der Waals surface area contributed by atoms with Gasteiger partial charge in [-0.1, -0.05) is 84.9 Å². The van der Waals surface area contributed by atoms with Gasteiger partial charge in [-0.2, -0.15) is 0 Å². The van der Waals surface area contributed by atoms with Gasteiger partial charge in [0.05, 0.1) is 0 Å². The molecule has 1 aliphatic heterocycles. The summed E-state index contributed by atoms with van der Waals surface area (Å²) in [6.07, 6.45) is 7.79. The molecule has 1 heterocycles. The Hall–Kier alpha value is -2.75.